The van der Waals surface area contributed by atoms with E-state index in [0.717, 1.165) is 6.42 Å². The van der Waals surface area contributed by atoms with Gasteiger partial charge in [-0.05, 0) is 0 Å². The Hall–Kier alpha value is -0.880. The van der Waals surface area contributed by atoms with Crippen molar-refractivity contribution < 1.29 is 21.2 Å². The maximum absolute atomic E-state index is 4.62. The number of hydrogen-bond acceptors (Lipinski definition) is 0. The summed E-state index contributed by atoms with van der Waals surface area (Å²) in [5.74, 6) is 0.601. The van der Waals surface area contributed by atoms with E-state index in [2.05, 4.69) is 92.4 Å². The first-order chi connectivity index (χ1) is 13.8. The molecule has 1 heterocycles. The first kappa shape index (κ1) is 20.0. The molecule has 0 saturated carbocycles. The summed E-state index contributed by atoms with van der Waals surface area (Å²) in [6.07, 6.45) is 7.23. The van der Waals surface area contributed by atoms with Crippen LogP contribution >= 0.6 is 22.6 Å². The molecule has 0 fully saturated rings. The van der Waals surface area contributed by atoms with Crippen LogP contribution < -0.4 is 21.2 Å². The first-order valence-electron chi connectivity index (χ1n) is 10.5. The SMILES string of the molecule is C=C(C1=Cc2ccc(C(C)(C)C)cc2C1)[C@H]1CCC2=C(C1)c1cc(I)ccc1[I-]2. The number of hydrogen-bond donors (Lipinski definition) is 0. The van der Waals surface area contributed by atoms with E-state index in [9.17, 15) is 0 Å². The standard InChI is InChI=1S/C27H27I2/c1-16(19-11-18-5-7-21(27(2,3)4)13-20(18)12-19)17-6-9-25-23(14-17)24-15-22(28)8-10-26(24)29-25/h5,7-8,10-11,13,15,17H,1,6,9,12,14H2,2-4H3/q-1/t17-/m0/s1. The Morgan fingerprint density at radius 1 is 1.14 bits per heavy atom. The first-order valence-corrected chi connectivity index (χ1v) is 13.7. The minimum absolute atomic E-state index is 0.0764. The van der Waals surface area contributed by atoms with Crippen LogP contribution in [0, 0.1) is 13.1 Å². The molecule has 1 atom stereocenters. The molecule has 2 heteroatoms. The van der Waals surface area contributed by atoms with Crippen molar-refractivity contribution >= 4 is 34.2 Å². The van der Waals surface area contributed by atoms with E-state index in [1.54, 1.807) is 18.3 Å². The van der Waals surface area contributed by atoms with Gasteiger partial charge in [0.25, 0.3) is 0 Å². The van der Waals surface area contributed by atoms with Crippen LogP contribution in [-0.2, 0) is 11.8 Å². The fraction of sp³-hybridized carbons (Fsp3) is 0.333. The summed E-state index contributed by atoms with van der Waals surface area (Å²) >= 11 is 2.53. The number of halogens is 2. The molecule has 0 radical (unpaired) electrons. The second-order valence-electron chi connectivity index (χ2n) is 9.58. The molecule has 2 aliphatic carbocycles. The van der Waals surface area contributed by atoms with Gasteiger partial charge in [0, 0.05) is 0 Å². The average Bonchev–Trinajstić information content (AvgIpc) is 3.26. The molecule has 3 aliphatic rings. The van der Waals surface area contributed by atoms with Crippen LogP contribution in [0.15, 0.2) is 57.7 Å². The van der Waals surface area contributed by atoms with E-state index in [-0.39, 0.29) is 26.6 Å². The molecule has 0 spiro atoms. The van der Waals surface area contributed by atoms with Gasteiger partial charge in [0.1, 0.15) is 0 Å². The molecule has 29 heavy (non-hydrogen) atoms. The van der Waals surface area contributed by atoms with Crippen molar-refractivity contribution in [2.45, 2.75) is 51.9 Å². The monoisotopic (exact) mass is 605 g/mol. The third kappa shape index (κ3) is 3.69. The van der Waals surface area contributed by atoms with Crippen LogP contribution in [0.1, 0.15) is 62.3 Å². The van der Waals surface area contributed by atoms with Crippen LogP contribution in [0.2, 0.25) is 0 Å². The van der Waals surface area contributed by atoms with Gasteiger partial charge in [-0.15, -0.1) is 0 Å². The average molecular weight is 605 g/mol. The Labute approximate surface area is 199 Å². The van der Waals surface area contributed by atoms with Gasteiger partial charge in [0.2, 0.25) is 0 Å². The van der Waals surface area contributed by atoms with Gasteiger partial charge >= 0.3 is 200 Å². The third-order valence-corrected chi connectivity index (χ3v) is 10.6. The summed E-state index contributed by atoms with van der Waals surface area (Å²) in [6.45, 7) is 11.5. The van der Waals surface area contributed by atoms with Crippen LogP contribution in [-0.4, -0.2) is 0 Å². The Kier molecular flexibility index (Phi) is 5.09. The zero-order chi connectivity index (χ0) is 20.3. The molecular weight excluding hydrogens is 578 g/mol. The van der Waals surface area contributed by atoms with Crippen molar-refractivity contribution in [3.8, 4) is 0 Å². The molecule has 2 aromatic rings. The summed E-state index contributed by atoms with van der Waals surface area (Å²) < 4.78 is 4.80. The zero-order valence-electron chi connectivity index (χ0n) is 17.4. The fourth-order valence-corrected chi connectivity index (χ4v) is 8.52. The molecule has 0 nitrogen and oxygen atoms in total. The predicted molar refractivity (Wildman–Crippen MR) is 128 cm³/mol. The summed E-state index contributed by atoms with van der Waals surface area (Å²) in [5, 5.41) is 0. The van der Waals surface area contributed by atoms with Crippen LogP contribution in [0.25, 0.3) is 11.6 Å². The second kappa shape index (κ2) is 7.37. The molecule has 1 aliphatic heterocycles. The number of allylic oxidation sites excluding steroid dienone is 4. The van der Waals surface area contributed by atoms with Crippen molar-refractivity contribution in [2.24, 2.45) is 5.92 Å². The van der Waals surface area contributed by atoms with Crippen molar-refractivity contribution in [3.05, 3.63) is 87.1 Å². The normalized spacial score (nSPS) is 20.6. The number of benzene rings is 2. The van der Waals surface area contributed by atoms with Crippen molar-refractivity contribution in [3.63, 3.8) is 0 Å². The molecule has 0 N–H and O–H groups in total. The molecule has 0 amide bonds. The van der Waals surface area contributed by atoms with Gasteiger partial charge in [0.15, 0.2) is 0 Å². The van der Waals surface area contributed by atoms with E-state index >= 15 is 0 Å². The molecular formula is C27H27I2-. The van der Waals surface area contributed by atoms with E-state index in [0.29, 0.717) is 5.92 Å². The van der Waals surface area contributed by atoms with Crippen LogP contribution in [0.3, 0.4) is 0 Å². The van der Waals surface area contributed by atoms with Crippen molar-refractivity contribution in [2.75, 3.05) is 0 Å². The Morgan fingerprint density at radius 2 is 1.97 bits per heavy atom. The molecule has 0 unspecified atom stereocenters. The van der Waals surface area contributed by atoms with Crippen molar-refractivity contribution in [1.29, 1.82) is 0 Å². The van der Waals surface area contributed by atoms with E-state index in [1.165, 1.54) is 50.7 Å². The minimum atomic E-state index is 0.0764. The summed E-state index contributed by atoms with van der Waals surface area (Å²) in [4.78, 5) is 0. The molecule has 0 aromatic heterocycles. The summed E-state index contributed by atoms with van der Waals surface area (Å²) in [7, 11) is 0. The Morgan fingerprint density at radius 3 is 2.76 bits per heavy atom. The molecule has 0 bridgehead atoms. The van der Waals surface area contributed by atoms with Gasteiger partial charge in [0.05, 0.1) is 0 Å². The molecule has 0 saturated heterocycles. The van der Waals surface area contributed by atoms with Crippen LogP contribution in [0.5, 0.6) is 0 Å². The summed E-state index contributed by atoms with van der Waals surface area (Å²) in [5.41, 5.74) is 10.6. The molecule has 5 rings (SSSR count). The zero-order valence-corrected chi connectivity index (χ0v) is 21.7. The van der Waals surface area contributed by atoms with E-state index < -0.39 is 0 Å². The van der Waals surface area contributed by atoms with Gasteiger partial charge in [-0.25, -0.2) is 0 Å². The second-order valence-corrected chi connectivity index (χ2v) is 13.8. The number of fused-ring (bicyclic) bond motifs is 3. The van der Waals surface area contributed by atoms with E-state index in [4.69, 9.17) is 0 Å². The van der Waals surface area contributed by atoms with Gasteiger partial charge in [-0.1, -0.05) is 0 Å². The topological polar surface area (TPSA) is 0 Å². The van der Waals surface area contributed by atoms with Crippen LogP contribution in [0.4, 0.5) is 0 Å². The fourth-order valence-electron chi connectivity index (χ4n) is 4.78. The van der Waals surface area contributed by atoms with Gasteiger partial charge < -0.3 is 0 Å². The maximum atomic E-state index is 4.62. The summed E-state index contributed by atoms with van der Waals surface area (Å²) in [6, 6.07) is 14.1. The van der Waals surface area contributed by atoms with Crippen molar-refractivity contribution in [1.82, 2.24) is 0 Å². The Bertz CT molecular complexity index is 1090. The quantitative estimate of drug-likeness (QED) is 0.441. The van der Waals surface area contributed by atoms with E-state index in [1.807, 2.05) is 0 Å². The van der Waals surface area contributed by atoms with Gasteiger partial charge in [-0.3, -0.25) is 0 Å². The molecule has 2 aromatic carbocycles. The number of rotatable bonds is 2. The third-order valence-electron chi connectivity index (χ3n) is 6.58. The predicted octanol–water partition coefficient (Wildman–Crippen LogP) is 4.57. The molecule has 150 valence electrons. The Balaban J connectivity index is 1.36. The van der Waals surface area contributed by atoms with Gasteiger partial charge in [-0.2, -0.15) is 0 Å².